The maximum absolute atomic E-state index is 5.14. The monoisotopic (exact) mass is 209 g/mol. The van der Waals surface area contributed by atoms with Crippen LogP contribution in [0.4, 0.5) is 0 Å². The molecule has 0 bridgehead atoms. The molecule has 1 aliphatic heterocycles. The first-order valence-corrected chi connectivity index (χ1v) is 5.74. The van der Waals surface area contributed by atoms with Gasteiger partial charge in [-0.1, -0.05) is 12.1 Å². The molecule has 0 radical (unpaired) electrons. The highest BCUT2D eigenvalue weighted by atomic mass is 16.5. The van der Waals surface area contributed by atoms with Gasteiger partial charge in [-0.3, -0.25) is 4.90 Å². The van der Waals surface area contributed by atoms with E-state index in [1.165, 1.54) is 12.8 Å². The predicted molar refractivity (Wildman–Crippen MR) is 58.5 cm³/mol. The summed E-state index contributed by atoms with van der Waals surface area (Å²) in [6.45, 7) is 6.40. The van der Waals surface area contributed by atoms with Gasteiger partial charge in [-0.2, -0.15) is 0 Å². The van der Waals surface area contributed by atoms with Gasteiger partial charge in [0.1, 0.15) is 0 Å². The number of hydrogen-bond donors (Lipinski definition) is 1. The minimum absolute atomic E-state index is 0.647. The van der Waals surface area contributed by atoms with Gasteiger partial charge in [-0.15, -0.1) is 0 Å². The van der Waals surface area contributed by atoms with Crippen LogP contribution in [-0.4, -0.2) is 35.7 Å². The van der Waals surface area contributed by atoms with E-state index >= 15 is 0 Å². The second kappa shape index (κ2) is 5.28. The number of nitrogens with one attached hydrogen (secondary N) is 1. The Morgan fingerprint density at radius 2 is 2.60 bits per heavy atom. The van der Waals surface area contributed by atoms with Crippen LogP contribution in [0.15, 0.2) is 16.8 Å². The van der Waals surface area contributed by atoms with Crippen molar-refractivity contribution in [2.24, 2.45) is 0 Å². The highest BCUT2D eigenvalue weighted by molar-refractivity contribution is 4.94. The molecular weight excluding hydrogens is 190 g/mol. The van der Waals surface area contributed by atoms with E-state index in [0.717, 1.165) is 31.9 Å². The Kier molecular flexibility index (Phi) is 3.75. The van der Waals surface area contributed by atoms with Crippen molar-refractivity contribution < 1.29 is 4.52 Å². The van der Waals surface area contributed by atoms with Crippen molar-refractivity contribution >= 4 is 0 Å². The van der Waals surface area contributed by atoms with E-state index in [1.807, 2.05) is 6.07 Å². The van der Waals surface area contributed by atoms with Gasteiger partial charge in [0.05, 0.1) is 12.7 Å². The average molecular weight is 209 g/mol. The predicted octanol–water partition coefficient (Wildman–Crippen LogP) is 1.25. The van der Waals surface area contributed by atoms with Gasteiger partial charge in [0.25, 0.3) is 0 Å². The van der Waals surface area contributed by atoms with Gasteiger partial charge in [0, 0.05) is 18.7 Å². The van der Waals surface area contributed by atoms with Crippen molar-refractivity contribution in [1.29, 1.82) is 0 Å². The minimum Gasteiger partial charge on any atom is -0.360 e. The molecule has 1 N–H and O–H groups in total. The lowest BCUT2D eigenvalue weighted by Crippen LogP contribution is -2.45. The van der Waals surface area contributed by atoms with Gasteiger partial charge in [0.15, 0.2) is 5.76 Å². The first-order valence-electron chi connectivity index (χ1n) is 5.74. The Balaban J connectivity index is 1.91. The largest absolute Gasteiger partial charge is 0.360 e. The van der Waals surface area contributed by atoms with Gasteiger partial charge in [-0.05, 0) is 25.9 Å². The lowest BCUT2D eigenvalue weighted by atomic mass is 10.1. The Bertz CT molecular complexity index is 267. The smallest absolute Gasteiger partial charge is 0.150 e. The van der Waals surface area contributed by atoms with E-state index in [2.05, 4.69) is 22.3 Å². The summed E-state index contributed by atoms with van der Waals surface area (Å²) in [5.41, 5.74) is 0. The van der Waals surface area contributed by atoms with E-state index in [0.29, 0.717) is 6.04 Å². The fourth-order valence-corrected chi connectivity index (χ4v) is 2.17. The van der Waals surface area contributed by atoms with Crippen molar-refractivity contribution in [2.75, 3.05) is 19.6 Å². The summed E-state index contributed by atoms with van der Waals surface area (Å²) in [6, 6.07) is 2.59. The summed E-state index contributed by atoms with van der Waals surface area (Å²) in [7, 11) is 0. The molecule has 2 rings (SSSR count). The first-order chi connectivity index (χ1) is 7.40. The molecule has 4 heteroatoms. The summed E-state index contributed by atoms with van der Waals surface area (Å²) in [6.07, 6.45) is 4.27. The zero-order chi connectivity index (χ0) is 10.5. The zero-order valence-corrected chi connectivity index (χ0v) is 9.28. The van der Waals surface area contributed by atoms with Gasteiger partial charge in [-0.25, -0.2) is 0 Å². The van der Waals surface area contributed by atoms with Gasteiger partial charge < -0.3 is 9.84 Å². The van der Waals surface area contributed by atoms with Crippen molar-refractivity contribution in [2.45, 2.75) is 32.4 Å². The Morgan fingerprint density at radius 1 is 1.67 bits per heavy atom. The fraction of sp³-hybridized carbons (Fsp3) is 0.727. The van der Waals surface area contributed by atoms with Crippen LogP contribution in [0.25, 0.3) is 0 Å². The van der Waals surface area contributed by atoms with Crippen molar-refractivity contribution in [3.63, 3.8) is 0 Å². The normalized spacial score (nSPS) is 22.1. The second-order valence-corrected chi connectivity index (χ2v) is 4.04. The molecule has 1 aromatic heterocycles. The van der Waals surface area contributed by atoms with Crippen molar-refractivity contribution in [3.05, 3.63) is 18.0 Å². The number of likely N-dealkylation sites (N-methyl/N-ethyl adjacent to an activating group) is 1. The molecule has 0 aliphatic carbocycles. The molecule has 4 nitrogen and oxygen atoms in total. The third kappa shape index (κ3) is 2.79. The van der Waals surface area contributed by atoms with Crippen LogP contribution in [0.2, 0.25) is 0 Å². The Morgan fingerprint density at radius 3 is 3.20 bits per heavy atom. The van der Waals surface area contributed by atoms with Crippen LogP contribution < -0.4 is 5.32 Å². The van der Waals surface area contributed by atoms with Crippen LogP contribution in [0.5, 0.6) is 0 Å². The molecule has 0 aromatic carbocycles. The topological polar surface area (TPSA) is 41.3 Å². The molecule has 84 valence electrons. The van der Waals surface area contributed by atoms with Gasteiger partial charge >= 0.3 is 0 Å². The summed E-state index contributed by atoms with van der Waals surface area (Å²) < 4.78 is 5.14. The first kappa shape index (κ1) is 10.6. The molecule has 1 atom stereocenters. The number of piperidine rings is 1. The number of rotatable bonds is 4. The number of aromatic nitrogens is 1. The summed E-state index contributed by atoms with van der Waals surface area (Å²) >= 11 is 0. The average Bonchev–Trinajstić information content (AvgIpc) is 2.80. The lowest BCUT2D eigenvalue weighted by molar-refractivity contribution is 0.150. The molecule has 0 spiro atoms. The standard InChI is InChI=1S/C11H19N3O/c1-2-14(9-11-5-7-13-15-11)10-4-3-6-12-8-10/h5,7,10,12H,2-4,6,8-9H2,1H3. The number of hydrogen-bond acceptors (Lipinski definition) is 4. The van der Waals surface area contributed by atoms with E-state index in [-0.39, 0.29) is 0 Å². The zero-order valence-electron chi connectivity index (χ0n) is 9.28. The van der Waals surface area contributed by atoms with Crippen molar-refractivity contribution in [3.8, 4) is 0 Å². The molecule has 1 aromatic rings. The molecule has 1 unspecified atom stereocenters. The van der Waals surface area contributed by atoms with E-state index in [9.17, 15) is 0 Å². The van der Waals surface area contributed by atoms with E-state index < -0.39 is 0 Å². The third-order valence-electron chi connectivity index (χ3n) is 3.04. The van der Waals surface area contributed by atoms with Crippen LogP contribution in [0, 0.1) is 0 Å². The maximum atomic E-state index is 5.14. The third-order valence-corrected chi connectivity index (χ3v) is 3.04. The van der Waals surface area contributed by atoms with Crippen molar-refractivity contribution in [1.82, 2.24) is 15.4 Å². The van der Waals surface area contributed by atoms with Crippen LogP contribution >= 0.6 is 0 Å². The molecule has 1 saturated heterocycles. The molecule has 0 amide bonds. The SMILES string of the molecule is CCN(Cc1ccno1)C1CCCNC1. The summed E-state index contributed by atoms with van der Waals surface area (Å²) in [4.78, 5) is 2.45. The maximum Gasteiger partial charge on any atom is 0.150 e. The van der Waals surface area contributed by atoms with E-state index in [4.69, 9.17) is 4.52 Å². The van der Waals surface area contributed by atoms with Crippen LogP contribution in [-0.2, 0) is 6.54 Å². The fourth-order valence-electron chi connectivity index (χ4n) is 2.17. The molecule has 1 fully saturated rings. The van der Waals surface area contributed by atoms with Gasteiger partial charge in [0.2, 0.25) is 0 Å². The molecule has 2 heterocycles. The lowest BCUT2D eigenvalue weighted by Gasteiger charge is -2.33. The summed E-state index contributed by atoms with van der Waals surface area (Å²) in [5, 5.41) is 7.18. The highest BCUT2D eigenvalue weighted by Crippen LogP contribution is 2.13. The van der Waals surface area contributed by atoms with Crippen LogP contribution in [0.1, 0.15) is 25.5 Å². The van der Waals surface area contributed by atoms with E-state index in [1.54, 1.807) is 6.20 Å². The molecular formula is C11H19N3O. The molecule has 1 aliphatic rings. The Hall–Kier alpha value is -0.870. The molecule has 0 saturated carbocycles. The van der Waals surface area contributed by atoms with Crippen LogP contribution in [0.3, 0.4) is 0 Å². The quantitative estimate of drug-likeness (QED) is 0.810. The minimum atomic E-state index is 0.647. The molecule has 15 heavy (non-hydrogen) atoms. The Labute approximate surface area is 90.6 Å². The second-order valence-electron chi connectivity index (χ2n) is 4.04. The summed E-state index contributed by atoms with van der Waals surface area (Å²) in [5.74, 6) is 0.961. The highest BCUT2D eigenvalue weighted by Gasteiger charge is 2.20. The number of nitrogens with zero attached hydrogens (tertiary/aromatic N) is 2.